The number of rotatable bonds is 17. The molecule has 0 aliphatic heterocycles. The molecule has 306 valence electrons. The number of aromatic hydroxyl groups is 1. The Morgan fingerprint density at radius 3 is 2.07 bits per heavy atom. The van der Waals surface area contributed by atoms with E-state index in [-0.39, 0.29) is 50.0 Å². The van der Waals surface area contributed by atoms with E-state index in [0.29, 0.717) is 35.4 Å². The van der Waals surface area contributed by atoms with E-state index in [1.54, 1.807) is 67.5 Å². The lowest BCUT2D eigenvalue weighted by Gasteiger charge is -2.26. The summed E-state index contributed by atoms with van der Waals surface area (Å²) in [7, 11) is 0. The third kappa shape index (κ3) is 15.8. The Balaban J connectivity index is 1.94. The Labute approximate surface area is 327 Å². The second-order valence-electron chi connectivity index (χ2n) is 15.5. The zero-order chi connectivity index (χ0) is 41.6. The minimum absolute atomic E-state index is 0.00879. The van der Waals surface area contributed by atoms with Gasteiger partial charge in [-0.15, -0.1) is 0 Å². The zero-order valence-corrected chi connectivity index (χ0v) is 33.5. The Bertz CT molecular complexity index is 1790. The number of phenols is 1. The van der Waals surface area contributed by atoms with Gasteiger partial charge in [0.05, 0.1) is 0 Å². The van der Waals surface area contributed by atoms with Crippen LogP contribution in [0.5, 0.6) is 5.75 Å². The number of aromatic nitrogens is 2. The van der Waals surface area contributed by atoms with Crippen LogP contribution in [-0.2, 0) is 31.9 Å². The summed E-state index contributed by atoms with van der Waals surface area (Å²) < 4.78 is 16.4. The van der Waals surface area contributed by atoms with Crippen LogP contribution in [0.2, 0.25) is 0 Å². The van der Waals surface area contributed by atoms with Crippen molar-refractivity contribution in [1.29, 1.82) is 0 Å². The molecule has 3 aromatic rings. The fraction of sp³-hybridized carbons (Fsp3) is 0.513. The van der Waals surface area contributed by atoms with Crippen LogP contribution in [-0.4, -0.2) is 81.6 Å². The Morgan fingerprint density at radius 2 is 1.46 bits per heavy atom. The summed E-state index contributed by atoms with van der Waals surface area (Å²) >= 11 is 0. The van der Waals surface area contributed by atoms with Gasteiger partial charge >= 0.3 is 12.2 Å². The van der Waals surface area contributed by atoms with Crippen molar-refractivity contribution < 1.29 is 38.3 Å². The quantitative estimate of drug-likeness (QED) is 0.0588. The van der Waals surface area contributed by atoms with Gasteiger partial charge in [0.2, 0.25) is 17.7 Å². The number of alkyl carbamates (subject to hydrolysis) is 2. The average Bonchev–Trinajstić information content (AvgIpc) is 3.53. The van der Waals surface area contributed by atoms with Crippen LogP contribution in [0.3, 0.4) is 0 Å². The van der Waals surface area contributed by atoms with Crippen molar-refractivity contribution in [3.8, 4) is 5.75 Å². The molecule has 56 heavy (non-hydrogen) atoms. The lowest BCUT2D eigenvalue weighted by atomic mass is 9.95. The molecule has 1 heterocycles. The van der Waals surface area contributed by atoms with Gasteiger partial charge in [0, 0.05) is 25.9 Å². The molecule has 0 aliphatic carbocycles. The van der Waals surface area contributed by atoms with E-state index < -0.39 is 53.3 Å². The fourth-order valence-electron chi connectivity index (χ4n) is 5.62. The Hall–Kier alpha value is -5.87. The van der Waals surface area contributed by atoms with Gasteiger partial charge in [-0.1, -0.05) is 35.5 Å². The number of aliphatic imine (C=N–C) groups is 1. The predicted molar refractivity (Wildman–Crippen MR) is 210 cm³/mol. The highest BCUT2D eigenvalue weighted by Crippen LogP contribution is 2.24. The first kappa shape index (κ1) is 44.5. The number of nitrogens with two attached hydrogens (primary N) is 2. The first-order chi connectivity index (χ1) is 26.2. The number of hydrogen-bond donors (Lipinski definition) is 7. The number of aryl methyl sites for hydroxylation is 2. The average molecular weight is 780 g/mol. The van der Waals surface area contributed by atoms with Gasteiger partial charge in [-0.05, 0) is 109 Å². The minimum atomic E-state index is -1.20. The molecule has 0 radical (unpaired) electrons. The first-order valence-electron chi connectivity index (χ1n) is 18.5. The first-order valence-corrected chi connectivity index (χ1v) is 18.5. The van der Waals surface area contributed by atoms with E-state index in [4.69, 9.17) is 25.5 Å². The van der Waals surface area contributed by atoms with Gasteiger partial charge < -0.3 is 51.8 Å². The molecule has 4 amide bonds. The Morgan fingerprint density at radius 1 is 0.857 bits per heavy atom. The van der Waals surface area contributed by atoms with Crippen molar-refractivity contribution in [2.24, 2.45) is 16.5 Å². The summed E-state index contributed by atoms with van der Waals surface area (Å²) in [5.74, 6) is -0.912. The van der Waals surface area contributed by atoms with Crippen molar-refractivity contribution in [2.75, 3.05) is 13.1 Å². The maximum atomic E-state index is 14.4. The smallest absolute Gasteiger partial charge is 0.408 e. The van der Waals surface area contributed by atoms with E-state index in [0.717, 1.165) is 5.56 Å². The van der Waals surface area contributed by atoms with Gasteiger partial charge in [0.15, 0.2) is 11.8 Å². The molecule has 17 heteroatoms. The molecule has 3 rings (SSSR count). The minimum Gasteiger partial charge on any atom is -0.508 e. The number of nitrogens with one attached hydrogen (secondary N) is 4. The summed E-state index contributed by atoms with van der Waals surface area (Å²) in [5.41, 5.74) is 12.5. The second kappa shape index (κ2) is 20.2. The van der Waals surface area contributed by atoms with Gasteiger partial charge in [-0.3, -0.25) is 14.6 Å². The highest BCUT2D eigenvalue weighted by molar-refractivity contribution is 5.91. The number of phenolic OH excluding ortho intramolecular Hbond substituents is 1. The molecule has 0 fully saturated rings. The van der Waals surface area contributed by atoms with E-state index in [1.807, 2.05) is 30.3 Å². The fourth-order valence-corrected chi connectivity index (χ4v) is 5.62. The normalized spacial score (nSPS) is 13.1. The van der Waals surface area contributed by atoms with Crippen LogP contribution in [0.4, 0.5) is 9.59 Å². The Kier molecular flexibility index (Phi) is 16.0. The maximum absolute atomic E-state index is 14.4. The molecular formula is C39H57N9O8. The molecule has 2 aromatic carbocycles. The molecule has 0 unspecified atom stereocenters. The van der Waals surface area contributed by atoms with Crippen molar-refractivity contribution in [1.82, 2.24) is 31.4 Å². The summed E-state index contributed by atoms with van der Waals surface area (Å²) in [6, 6.07) is 9.46. The number of ether oxygens (including phenoxy) is 2. The number of hydrogen-bond acceptors (Lipinski definition) is 11. The molecule has 9 N–H and O–H groups in total. The SMILES string of the molecule is Cc1cc(O)cc(C)c1C[C@H](NC(=O)[C@@H](CCN=C(N)N)NC(=O)OC(C)(C)C)C(=O)N[C@@H](CCCNC(=O)OC(C)(C)C)c1nc(Cc2ccccc2)no1. The van der Waals surface area contributed by atoms with Crippen molar-refractivity contribution in [3.05, 3.63) is 76.4 Å². The van der Waals surface area contributed by atoms with Crippen LogP contribution in [0, 0.1) is 13.8 Å². The number of amides is 4. The number of benzene rings is 2. The summed E-state index contributed by atoms with van der Waals surface area (Å²) in [6.45, 7) is 14.1. The van der Waals surface area contributed by atoms with Crippen LogP contribution >= 0.6 is 0 Å². The maximum Gasteiger partial charge on any atom is 0.408 e. The summed E-state index contributed by atoms with van der Waals surface area (Å²) in [4.78, 5) is 62.0. The summed E-state index contributed by atoms with van der Waals surface area (Å²) in [5, 5.41) is 25.4. The van der Waals surface area contributed by atoms with E-state index in [2.05, 4.69) is 36.4 Å². The molecule has 3 atom stereocenters. The monoisotopic (exact) mass is 779 g/mol. The summed E-state index contributed by atoms with van der Waals surface area (Å²) in [6.07, 6.45) is -0.426. The number of carbonyl (C=O) groups excluding carboxylic acids is 4. The van der Waals surface area contributed by atoms with Crippen molar-refractivity contribution >= 4 is 30.0 Å². The molecule has 17 nitrogen and oxygen atoms in total. The lowest BCUT2D eigenvalue weighted by Crippen LogP contribution is -2.55. The molecule has 0 saturated carbocycles. The number of carbonyl (C=O) groups is 4. The number of nitrogens with zero attached hydrogens (tertiary/aromatic N) is 3. The third-order valence-electron chi connectivity index (χ3n) is 8.08. The van der Waals surface area contributed by atoms with Crippen molar-refractivity contribution in [2.45, 2.75) is 117 Å². The molecule has 0 aliphatic rings. The van der Waals surface area contributed by atoms with Crippen LogP contribution < -0.4 is 32.7 Å². The van der Waals surface area contributed by atoms with E-state index in [1.165, 1.54) is 0 Å². The lowest BCUT2D eigenvalue weighted by molar-refractivity contribution is -0.130. The predicted octanol–water partition coefficient (Wildman–Crippen LogP) is 3.73. The third-order valence-corrected chi connectivity index (χ3v) is 8.08. The topological polar surface area (TPSA) is 258 Å². The van der Waals surface area contributed by atoms with E-state index >= 15 is 0 Å². The van der Waals surface area contributed by atoms with Gasteiger partial charge in [0.1, 0.15) is 35.1 Å². The molecule has 0 bridgehead atoms. The van der Waals surface area contributed by atoms with Gasteiger partial charge in [-0.2, -0.15) is 4.98 Å². The molecule has 0 saturated heterocycles. The molecule has 0 spiro atoms. The highest BCUT2D eigenvalue weighted by Gasteiger charge is 2.32. The molecular weight excluding hydrogens is 722 g/mol. The molecule has 1 aromatic heterocycles. The van der Waals surface area contributed by atoms with Gasteiger partial charge in [-0.25, -0.2) is 9.59 Å². The zero-order valence-electron chi connectivity index (χ0n) is 33.5. The van der Waals surface area contributed by atoms with Crippen molar-refractivity contribution in [3.63, 3.8) is 0 Å². The van der Waals surface area contributed by atoms with E-state index in [9.17, 15) is 24.3 Å². The van der Waals surface area contributed by atoms with Crippen LogP contribution in [0.15, 0.2) is 52.0 Å². The largest absolute Gasteiger partial charge is 0.508 e. The van der Waals surface area contributed by atoms with Gasteiger partial charge in [0.25, 0.3) is 0 Å². The highest BCUT2D eigenvalue weighted by atomic mass is 16.6. The second-order valence-corrected chi connectivity index (χ2v) is 15.5. The number of guanidine groups is 1. The standard InChI is InChI=1S/C39H57N9O8/c1-23-19-26(49)20-24(2)27(23)22-30(45-32(50)28(16-18-42-35(40)41)46-37(53)55-39(6,7)8)33(51)44-29(15-12-17-43-36(52)54-38(3,4)5)34-47-31(48-56-34)21-25-13-10-9-11-14-25/h9-11,13-14,19-20,28-30,49H,12,15-18,21-22H2,1-8H3,(H,43,52)(H,44,51)(H,45,50)(H,46,53)(H4,40,41,42)/t28-,29+,30+/m1/s1. The van der Waals surface area contributed by atoms with Crippen LogP contribution in [0.25, 0.3) is 0 Å². The van der Waals surface area contributed by atoms with Crippen LogP contribution in [0.1, 0.15) is 101 Å².